The lowest BCUT2D eigenvalue weighted by atomic mass is 9.68. The van der Waals surface area contributed by atoms with E-state index in [9.17, 15) is 19.7 Å². The molecule has 0 bridgehead atoms. The summed E-state index contributed by atoms with van der Waals surface area (Å²) in [6.45, 7) is 5.90. The summed E-state index contributed by atoms with van der Waals surface area (Å²) in [4.78, 5) is 37.5. The van der Waals surface area contributed by atoms with E-state index in [1.54, 1.807) is 12.1 Å². The van der Waals surface area contributed by atoms with Crippen molar-refractivity contribution in [1.82, 2.24) is 5.32 Å². The number of ether oxygens (including phenoxy) is 1. The molecule has 1 heterocycles. The van der Waals surface area contributed by atoms with Gasteiger partial charge in [-0.3, -0.25) is 14.9 Å². The Hall–Kier alpha value is -2.96. The van der Waals surface area contributed by atoms with Crippen LogP contribution >= 0.6 is 0 Å². The second-order valence-electron chi connectivity index (χ2n) is 9.59. The standard InChI is InChI=1S/C24H28N2O5/c1-14-20(23(28)31-17-9-4-5-10-17)21(15-7-6-8-16(11-15)26(29)30)22-18(25-14)12-24(2,3)13-19(22)27/h6-8,11,17,21,25H,4-5,9-10,12-13H2,1-3H3/t21-/m1/s1. The van der Waals surface area contributed by atoms with Gasteiger partial charge in [-0.1, -0.05) is 26.0 Å². The maximum absolute atomic E-state index is 13.3. The molecule has 3 aliphatic rings. The molecule has 0 radical (unpaired) electrons. The number of non-ortho nitro benzene ring substituents is 1. The van der Waals surface area contributed by atoms with Crippen LogP contribution in [0.4, 0.5) is 5.69 Å². The summed E-state index contributed by atoms with van der Waals surface area (Å²) < 4.78 is 5.80. The summed E-state index contributed by atoms with van der Waals surface area (Å²) in [5, 5.41) is 14.7. The number of hydrogen-bond acceptors (Lipinski definition) is 6. The average Bonchev–Trinajstić information content (AvgIpc) is 3.18. The highest BCUT2D eigenvalue weighted by Crippen LogP contribution is 2.47. The van der Waals surface area contributed by atoms with Crippen LogP contribution < -0.4 is 5.32 Å². The fourth-order valence-corrected chi connectivity index (χ4v) is 5.08. The molecule has 1 saturated carbocycles. The van der Waals surface area contributed by atoms with Crippen molar-refractivity contribution in [3.8, 4) is 0 Å². The monoisotopic (exact) mass is 424 g/mol. The van der Waals surface area contributed by atoms with Gasteiger partial charge in [0.25, 0.3) is 5.69 Å². The van der Waals surface area contributed by atoms with Gasteiger partial charge in [-0.05, 0) is 50.0 Å². The highest BCUT2D eigenvalue weighted by molar-refractivity contribution is 6.04. The van der Waals surface area contributed by atoms with Crippen molar-refractivity contribution in [2.45, 2.75) is 71.3 Å². The fraction of sp³-hybridized carbons (Fsp3) is 0.500. The van der Waals surface area contributed by atoms with Crippen molar-refractivity contribution in [2.75, 3.05) is 0 Å². The van der Waals surface area contributed by atoms with E-state index in [4.69, 9.17) is 4.74 Å². The number of esters is 1. The first-order valence-electron chi connectivity index (χ1n) is 10.9. The van der Waals surface area contributed by atoms with E-state index < -0.39 is 16.8 Å². The number of nitrogens with one attached hydrogen (secondary N) is 1. The molecule has 1 N–H and O–H groups in total. The maximum atomic E-state index is 13.3. The van der Waals surface area contributed by atoms with Crippen LogP contribution in [-0.2, 0) is 14.3 Å². The van der Waals surface area contributed by atoms with Crippen LogP contribution in [0.2, 0.25) is 0 Å². The van der Waals surface area contributed by atoms with Crippen molar-refractivity contribution in [3.63, 3.8) is 0 Å². The first kappa shape index (κ1) is 21.3. The van der Waals surface area contributed by atoms with Gasteiger partial charge in [-0.15, -0.1) is 0 Å². The molecule has 1 aromatic carbocycles. The van der Waals surface area contributed by atoms with Crippen LogP contribution in [0.1, 0.15) is 70.8 Å². The number of nitrogens with zero attached hydrogens (tertiary/aromatic N) is 1. The van der Waals surface area contributed by atoms with Gasteiger partial charge in [0.1, 0.15) is 6.10 Å². The lowest BCUT2D eigenvalue weighted by Gasteiger charge is -2.39. The number of dihydropyridines is 1. The van der Waals surface area contributed by atoms with E-state index >= 15 is 0 Å². The molecule has 1 fully saturated rings. The number of nitro benzene ring substituents is 1. The van der Waals surface area contributed by atoms with E-state index in [1.165, 1.54) is 12.1 Å². The predicted molar refractivity (Wildman–Crippen MR) is 115 cm³/mol. The van der Waals surface area contributed by atoms with Gasteiger partial charge < -0.3 is 10.1 Å². The van der Waals surface area contributed by atoms with Crippen molar-refractivity contribution >= 4 is 17.4 Å². The van der Waals surface area contributed by atoms with Crippen LogP contribution in [0, 0.1) is 15.5 Å². The van der Waals surface area contributed by atoms with Crippen molar-refractivity contribution < 1.29 is 19.2 Å². The molecule has 0 amide bonds. The molecule has 2 aliphatic carbocycles. The Morgan fingerprint density at radius 2 is 1.94 bits per heavy atom. The van der Waals surface area contributed by atoms with E-state index in [0.717, 1.165) is 31.4 Å². The minimum Gasteiger partial charge on any atom is -0.459 e. The number of hydrogen-bond donors (Lipinski definition) is 1. The van der Waals surface area contributed by atoms with E-state index in [2.05, 4.69) is 5.32 Å². The zero-order valence-corrected chi connectivity index (χ0v) is 18.2. The largest absolute Gasteiger partial charge is 0.459 e. The second kappa shape index (κ2) is 7.94. The summed E-state index contributed by atoms with van der Waals surface area (Å²) in [5.74, 6) is -1.15. The minimum atomic E-state index is -0.673. The van der Waals surface area contributed by atoms with Gasteiger partial charge in [-0.2, -0.15) is 0 Å². The van der Waals surface area contributed by atoms with Crippen molar-refractivity contribution in [3.05, 3.63) is 62.5 Å². The first-order valence-corrected chi connectivity index (χ1v) is 10.9. The molecule has 1 aliphatic heterocycles. The molecular weight excluding hydrogens is 396 g/mol. The molecule has 7 heteroatoms. The third kappa shape index (κ3) is 4.13. The van der Waals surface area contributed by atoms with Crippen molar-refractivity contribution in [1.29, 1.82) is 0 Å². The maximum Gasteiger partial charge on any atom is 0.337 e. The summed E-state index contributed by atoms with van der Waals surface area (Å²) >= 11 is 0. The molecule has 7 nitrogen and oxygen atoms in total. The van der Waals surface area contributed by atoms with Crippen molar-refractivity contribution in [2.24, 2.45) is 5.41 Å². The number of carbonyl (C=O) groups excluding carboxylic acids is 2. The average molecular weight is 424 g/mol. The Morgan fingerprint density at radius 3 is 2.61 bits per heavy atom. The lowest BCUT2D eigenvalue weighted by molar-refractivity contribution is -0.384. The predicted octanol–water partition coefficient (Wildman–Crippen LogP) is 4.68. The summed E-state index contributed by atoms with van der Waals surface area (Å²) in [5.41, 5.74) is 2.65. The number of allylic oxidation sites excluding steroid dienone is 3. The van der Waals surface area contributed by atoms with Crippen LogP contribution in [0.3, 0.4) is 0 Å². The number of carbonyl (C=O) groups is 2. The number of rotatable bonds is 4. The van der Waals surface area contributed by atoms with Crippen LogP contribution in [0.5, 0.6) is 0 Å². The van der Waals surface area contributed by atoms with Gasteiger partial charge in [0.2, 0.25) is 0 Å². The number of benzene rings is 1. The summed E-state index contributed by atoms with van der Waals surface area (Å²) in [6.07, 6.45) is 4.67. The van der Waals surface area contributed by atoms with E-state index in [1.807, 2.05) is 20.8 Å². The topological polar surface area (TPSA) is 98.5 Å². The molecule has 0 saturated heterocycles. The highest BCUT2D eigenvalue weighted by Gasteiger charge is 2.43. The molecule has 0 aromatic heterocycles. The molecule has 0 unspecified atom stereocenters. The van der Waals surface area contributed by atoms with Gasteiger partial charge in [-0.25, -0.2) is 4.79 Å². The molecular formula is C24H28N2O5. The highest BCUT2D eigenvalue weighted by atomic mass is 16.6. The minimum absolute atomic E-state index is 0.0334. The Bertz CT molecular complexity index is 1010. The fourth-order valence-electron chi connectivity index (χ4n) is 5.08. The summed E-state index contributed by atoms with van der Waals surface area (Å²) in [7, 11) is 0. The SMILES string of the molecule is CC1=C(C(=O)OC2CCCC2)[C@@H](c2cccc([N+](=O)[O-])c2)C2=C(CC(C)(C)CC2=O)N1. The number of ketones is 1. The molecule has 1 atom stereocenters. The third-order valence-electron chi connectivity index (χ3n) is 6.45. The first-order chi connectivity index (χ1) is 14.7. The van der Waals surface area contributed by atoms with E-state index in [-0.39, 0.29) is 23.0 Å². The van der Waals surface area contributed by atoms with Gasteiger partial charge in [0.15, 0.2) is 5.78 Å². The Kier molecular flexibility index (Phi) is 5.45. The number of Topliss-reactive ketones (excluding diaryl/α,β-unsaturated/α-hetero) is 1. The smallest absolute Gasteiger partial charge is 0.337 e. The Labute approximate surface area is 181 Å². The number of nitro groups is 1. The molecule has 0 spiro atoms. The van der Waals surface area contributed by atoms with E-state index in [0.29, 0.717) is 35.2 Å². The van der Waals surface area contributed by atoms with Crippen LogP contribution in [-0.4, -0.2) is 22.8 Å². The van der Waals surface area contributed by atoms with Crippen LogP contribution in [0.15, 0.2) is 46.8 Å². The molecule has 4 rings (SSSR count). The summed E-state index contributed by atoms with van der Waals surface area (Å²) in [6, 6.07) is 6.22. The normalized spacial score (nSPS) is 23.5. The zero-order chi connectivity index (χ0) is 22.3. The van der Waals surface area contributed by atoms with Gasteiger partial charge in [0.05, 0.1) is 10.5 Å². The lowest BCUT2D eigenvalue weighted by Crippen LogP contribution is -2.39. The molecule has 1 aromatic rings. The third-order valence-corrected chi connectivity index (χ3v) is 6.45. The molecule has 164 valence electrons. The van der Waals surface area contributed by atoms with Gasteiger partial charge in [0, 0.05) is 41.4 Å². The quantitative estimate of drug-likeness (QED) is 0.428. The second-order valence-corrected chi connectivity index (χ2v) is 9.59. The molecule has 31 heavy (non-hydrogen) atoms. The van der Waals surface area contributed by atoms with Crippen LogP contribution in [0.25, 0.3) is 0 Å². The van der Waals surface area contributed by atoms with Gasteiger partial charge >= 0.3 is 5.97 Å². The zero-order valence-electron chi connectivity index (χ0n) is 18.2. The Morgan fingerprint density at radius 1 is 1.23 bits per heavy atom. The Balaban J connectivity index is 1.81.